The number of esters is 1. The van der Waals surface area contributed by atoms with Gasteiger partial charge < -0.3 is 9.72 Å². The lowest BCUT2D eigenvalue weighted by Crippen LogP contribution is -2.44. The summed E-state index contributed by atoms with van der Waals surface area (Å²) < 4.78 is 33.3. The van der Waals surface area contributed by atoms with Crippen molar-refractivity contribution in [3.63, 3.8) is 0 Å². The normalized spacial score (nSPS) is 15.2. The number of aromatic nitrogens is 2. The number of fused-ring (bicyclic) bond motifs is 2. The second-order valence-electron chi connectivity index (χ2n) is 8.33. The predicted octanol–water partition coefficient (Wildman–Crippen LogP) is 5.08. The molecule has 0 aliphatic carbocycles. The zero-order chi connectivity index (χ0) is 25.4. The maximum absolute atomic E-state index is 13.3. The van der Waals surface area contributed by atoms with Gasteiger partial charge in [-0.25, -0.2) is 23.2 Å². The van der Waals surface area contributed by atoms with Crippen LogP contribution in [0.1, 0.15) is 17.4 Å². The minimum absolute atomic E-state index is 0.0868. The van der Waals surface area contributed by atoms with Crippen LogP contribution in [0.3, 0.4) is 0 Å². The lowest BCUT2D eigenvalue weighted by Gasteiger charge is -2.34. The number of pyridine rings is 1. The van der Waals surface area contributed by atoms with E-state index in [9.17, 15) is 13.2 Å². The summed E-state index contributed by atoms with van der Waals surface area (Å²) in [5, 5.41) is 4.40. The van der Waals surface area contributed by atoms with Crippen LogP contribution in [0, 0.1) is 6.92 Å². The number of ether oxygens (including phenoxy) is 1. The number of halogens is 1. The van der Waals surface area contributed by atoms with Crippen molar-refractivity contribution in [2.45, 2.75) is 18.0 Å². The molecule has 0 saturated heterocycles. The van der Waals surface area contributed by atoms with Crippen molar-refractivity contribution in [3.8, 4) is 0 Å². The topological polar surface area (TPSA) is 95.6 Å². The number of aromatic amines is 1. The highest BCUT2D eigenvalue weighted by Gasteiger charge is 2.41. The lowest BCUT2D eigenvalue weighted by molar-refractivity contribution is -0.143. The highest BCUT2D eigenvalue weighted by atomic mass is 79.9. The van der Waals surface area contributed by atoms with E-state index in [1.54, 1.807) is 53.6 Å². The molecule has 10 heteroatoms. The molecule has 4 aromatic rings. The zero-order valence-electron chi connectivity index (χ0n) is 19.4. The zero-order valence-corrected chi connectivity index (χ0v) is 21.8. The smallest absolute Gasteiger partial charge is 0.332 e. The van der Waals surface area contributed by atoms with Crippen molar-refractivity contribution in [2.24, 2.45) is 0 Å². The molecule has 0 saturated carbocycles. The van der Waals surface area contributed by atoms with Gasteiger partial charge in [0.25, 0.3) is 0 Å². The van der Waals surface area contributed by atoms with E-state index in [4.69, 9.17) is 4.74 Å². The molecular formula is C26H23BrN4O4S. The molecule has 5 rings (SSSR count). The monoisotopic (exact) mass is 566 g/mol. The van der Waals surface area contributed by atoms with Gasteiger partial charge >= 0.3 is 5.97 Å². The molecule has 2 aromatic carbocycles. The molecular weight excluding hydrogens is 544 g/mol. The number of H-pyrrole nitrogens is 1. The number of anilines is 2. The van der Waals surface area contributed by atoms with Crippen molar-refractivity contribution in [2.75, 3.05) is 22.3 Å². The van der Waals surface area contributed by atoms with Crippen LogP contribution in [-0.4, -0.2) is 36.7 Å². The van der Waals surface area contributed by atoms with E-state index < -0.39 is 22.0 Å². The fourth-order valence-electron chi connectivity index (χ4n) is 4.41. The van der Waals surface area contributed by atoms with E-state index in [1.807, 2.05) is 30.3 Å². The molecule has 8 nitrogen and oxygen atoms in total. The first-order valence-corrected chi connectivity index (χ1v) is 13.6. The molecule has 0 fully saturated rings. The van der Waals surface area contributed by atoms with E-state index in [0.717, 1.165) is 21.5 Å². The van der Waals surface area contributed by atoms with Crippen LogP contribution in [0.25, 0.3) is 10.9 Å². The van der Waals surface area contributed by atoms with Crippen molar-refractivity contribution < 1.29 is 17.9 Å². The molecule has 1 aliphatic heterocycles. The molecule has 0 amide bonds. The Morgan fingerprint density at radius 2 is 2.03 bits per heavy atom. The van der Waals surface area contributed by atoms with Crippen LogP contribution >= 0.6 is 15.9 Å². The first-order valence-electron chi connectivity index (χ1n) is 11.2. The van der Waals surface area contributed by atoms with Crippen molar-refractivity contribution in [1.29, 1.82) is 0 Å². The Labute approximate surface area is 217 Å². The number of hydrogen-bond donors (Lipinski definition) is 1. The first kappa shape index (κ1) is 24.1. The average molecular weight is 567 g/mol. The van der Waals surface area contributed by atoms with Gasteiger partial charge in [-0.15, -0.1) is 0 Å². The number of hydrazine groups is 1. The summed E-state index contributed by atoms with van der Waals surface area (Å²) in [7, 11) is -3.60. The van der Waals surface area contributed by atoms with Gasteiger partial charge in [-0.1, -0.05) is 40.7 Å². The van der Waals surface area contributed by atoms with Gasteiger partial charge in [0.1, 0.15) is 0 Å². The molecule has 3 heterocycles. The summed E-state index contributed by atoms with van der Waals surface area (Å²) in [6.07, 6.45) is 3.67. The Balaban J connectivity index is 1.60. The van der Waals surface area contributed by atoms with Gasteiger partial charge in [0.15, 0.2) is 15.7 Å². The van der Waals surface area contributed by atoms with Crippen LogP contribution in [0.2, 0.25) is 0 Å². The fourth-order valence-corrected chi connectivity index (χ4v) is 6.25. The van der Waals surface area contributed by atoms with Crippen LogP contribution in [0.4, 0.5) is 11.5 Å². The van der Waals surface area contributed by atoms with E-state index in [-0.39, 0.29) is 12.3 Å². The van der Waals surface area contributed by atoms with E-state index >= 15 is 0 Å². The Kier molecular flexibility index (Phi) is 6.31. The summed E-state index contributed by atoms with van der Waals surface area (Å²) in [5.74, 6) is -0.252. The number of aryl methyl sites for hydroxylation is 1. The van der Waals surface area contributed by atoms with Crippen LogP contribution < -0.4 is 10.0 Å². The predicted molar refractivity (Wildman–Crippen MR) is 142 cm³/mol. The van der Waals surface area contributed by atoms with Crippen molar-refractivity contribution in [1.82, 2.24) is 9.97 Å². The number of sulfone groups is 1. The van der Waals surface area contributed by atoms with Crippen molar-refractivity contribution >= 4 is 54.1 Å². The van der Waals surface area contributed by atoms with Crippen molar-refractivity contribution in [3.05, 3.63) is 95.2 Å². The second kappa shape index (κ2) is 9.44. The molecule has 1 aliphatic rings. The van der Waals surface area contributed by atoms with Gasteiger partial charge in [0.05, 0.1) is 28.4 Å². The van der Waals surface area contributed by atoms with E-state index in [1.165, 1.54) is 0 Å². The SMILES string of the molecule is C=CC(=O)OC1c2cccnc2N(CCS(=O)(=O)c2ccccc2C)N1c1c[nH]c2ccc(Br)cc12. The summed E-state index contributed by atoms with van der Waals surface area (Å²) in [6.45, 7) is 5.39. The standard InChI is InChI=1S/C26H23BrN4O4S/c1-3-24(32)35-26-19-8-6-12-28-25(19)30(13-14-36(33,34)23-9-5-4-7-17(23)2)31(26)22-16-29-21-11-10-18(27)15-20(21)22/h3-12,15-16,26,29H,1,13-14H2,2H3. The third kappa shape index (κ3) is 4.27. The first-order chi connectivity index (χ1) is 17.3. The van der Waals surface area contributed by atoms with Gasteiger partial charge in [0, 0.05) is 33.8 Å². The number of nitrogens with zero attached hydrogens (tertiary/aromatic N) is 3. The Morgan fingerprint density at radius 3 is 2.81 bits per heavy atom. The van der Waals surface area contributed by atoms with Crippen LogP contribution in [0.5, 0.6) is 0 Å². The Morgan fingerprint density at radius 1 is 1.22 bits per heavy atom. The van der Waals surface area contributed by atoms with E-state index in [0.29, 0.717) is 27.5 Å². The molecule has 1 unspecified atom stereocenters. The van der Waals surface area contributed by atoms with Gasteiger partial charge in [-0.3, -0.25) is 5.01 Å². The van der Waals surface area contributed by atoms with Gasteiger partial charge in [0.2, 0.25) is 6.23 Å². The molecule has 1 atom stereocenters. The summed E-state index contributed by atoms with van der Waals surface area (Å²) in [5.41, 5.74) is 2.91. The number of nitrogens with one attached hydrogen (secondary N) is 1. The lowest BCUT2D eigenvalue weighted by atomic mass is 10.2. The average Bonchev–Trinajstić information content (AvgIpc) is 3.41. The molecule has 1 N–H and O–H groups in total. The Hall–Kier alpha value is -3.63. The number of rotatable bonds is 7. The highest BCUT2D eigenvalue weighted by molar-refractivity contribution is 9.10. The third-order valence-corrected chi connectivity index (χ3v) is 8.41. The number of carbonyl (C=O) groups is 1. The number of carbonyl (C=O) groups excluding carboxylic acids is 1. The maximum Gasteiger partial charge on any atom is 0.332 e. The molecule has 0 bridgehead atoms. The van der Waals surface area contributed by atoms with Crippen LogP contribution in [-0.2, 0) is 19.4 Å². The molecule has 2 aromatic heterocycles. The highest BCUT2D eigenvalue weighted by Crippen LogP contribution is 2.44. The second-order valence-corrected chi connectivity index (χ2v) is 11.3. The molecule has 184 valence electrons. The van der Waals surface area contributed by atoms with Gasteiger partial charge in [-0.2, -0.15) is 0 Å². The minimum Gasteiger partial charge on any atom is -0.432 e. The van der Waals surface area contributed by atoms with Crippen LogP contribution in [0.15, 0.2) is 89.0 Å². The van der Waals surface area contributed by atoms with E-state index in [2.05, 4.69) is 32.5 Å². The summed E-state index contributed by atoms with van der Waals surface area (Å²) in [4.78, 5) is 20.4. The summed E-state index contributed by atoms with van der Waals surface area (Å²) in [6, 6.07) is 16.3. The Bertz CT molecular complexity index is 1580. The largest absolute Gasteiger partial charge is 0.432 e. The quantitative estimate of drug-likeness (QED) is 0.246. The summed E-state index contributed by atoms with van der Waals surface area (Å²) >= 11 is 3.52. The molecule has 36 heavy (non-hydrogen) atoms. The maximum atomic E-state index is 13.3. The molecule has 0 radical (unpaired) electrons. The number of benzene rings is 2. The minimum atomic E-state index is -3.60. The molecule has 0 spiro atoms. The fraction of sp³-hybridized carbons (Fsp3) is 0.154. The van der Waals surface area contributed by atoms with Gasteiger partial charge in [-0.05, 0) is 48.9 Å². The third-order valence-electron chi connectivity index (χ3n) is 6.07. The number of hydrogen-bond acceptors (Lipinski definition) is 7.